The van der Waals surface area contributed by atoms with Gasteiger partial charge >= 0.3 is 6.01 Å². The number of anilines is 1. The van der Waals surface area contributed by atoms with E-state index in [2.05, 4.69) is 15.3 Å². The maximum Gasteiger partial charge on any atom is 0.319 e. The first kappa shape index (κ1) is 15.4. The summed E-state index contributed by atoms with van der Waals surface area (Å²) in [7, 11) is 1.37. The van der Waals surface area contributed by atoms with Gasteiger partial charge < -0.3 is 30.1 Å². The molecule has 0 radical (unpaired) electrons. The van der Waals surface area contributed by atoms with Crippen LogP contribution in [0.5, 0.6) is 6.01 Å². The van der Waals surface area contributed by atoms with E-state index >= 15 is 0 Å². The number of aliphatic hydroxyl groups is 3. The number of aromatic nitrogens is 2. The van der Waals surface area contributed by atoms with Crippen molar-refractivity contribution in [2.24, 2.45) is 0 Å². The first-order chi connectivity index (χ1) is 10.1. The summed E-state index contributed by atoms with van der Waals surface area (Å²) in [5.41, 5.74) is 0.101. The number of nitriles is 1. The van der Waals surface area contributed by atoms with E-state index in [1.54, 1.807) is 0 Å². The van der Waals surface area contributed by atoms with Crippen molar-refractivity contribution in [1.82, 2.24) is 9.97 Å². The Morgan fingerprint density at radius 1 is 1.48 bits per heavy atom. The van der Waals surface area contributed by atoms with Crippen LogP contribution in [-0.2, 0) is 4.74 Å². The molecule has 0 unspecified atom stereocenters. The molecule has 21 heavy (non-hydrogen) atoms. The molecule has 4 atom stereocenters. The zero-order valence-corrected chi connectivity index (χ0v) is 11.3. The first-order valence-electron chi connectivity index (χ1n) is 6.27. The lowest BCUT2D eigenvalue weighted by Crippen LogP contribution is -2.56. The normalized spacial score (nSPS) is 28.7. The minimum atomic E-state index is -1.22. The summed E-state index contributed by atoms with van der Waals surface area (Å²) in [6.07, 6.45) is -3.20. The molecule has 4 N–H and O–H groups in total. The highest BCUT2D eigenvalue weighted by atomic mass is 16.5. The summed E-state index contributed by atoms with van der Waals surface area (Å²) in [4.78, 5) is 7.81. The highest BCUT2D eigenvalue weighted by Crippen LogP contribution is 2.19. The fraction of sp³-hybridized carbons (Fsp3) is 0.583. The van der Waals surface area contributed by atoms with Crippen LogP contribution in [-0.4, -0.2) is 70.0 Å². The molecule has 1 saturated heterocycles. The highest BCUT2D eigenvalue weighted by Gasteiger charge is 2.38. The Labute approximate surface area is 120 Å². The number of nitrogens with one attached hydrogen (secondary N) is 1. The van der Waals surface area contributed by atoms with Crippen molar-refractivity contribution >= 4 is 5.82 Å². The molecule has 9 heteroatoms. The van der Waals surface area contributed by atoms with Gasteiger partial charge in [-0.2, -0.15) is 15.2 Å². The predicted molar refractivity (Wildman–Crippen MR) is 69.5 cm³/mol. The number of aliphatic hydroxyl groups excluding tert-OH is 3. The fourth-order valence-corrected chi connectivity index (χ4v) is 2.01. The monoisotopic (exact) mass is 296 g/mol. The molecule has 0 bridgehead atoms. The molecule has 1 aromatic heterocycles. The summed E-state index contributed by atoms with van der Waals surface area (Å²) in [5.74, 6) is 0.265. The fourth-order valence-electron chi connectivity index (χ4n) is 2.01. The third-order valence-corrected chi connectivity index (χ3v) is 3.15. The number of hydrogen-bond acceptors (Lipinski definition) is 9. The molecular formula is C12H16N4O5. The maximum absolute atomic E-state index is 10.0. The van der Waals surface area contributed by atoms with Crippen molar-refractivity contribution in [1.29, 1.82) is 5.26 Å². The standard InChI is InChI=1S/C12H16N4O5/c1-20-12-14-6(3-13)2-9(16-12)15-7-5-21-8(4-17)11(19)10(7)18/h2,7-8,10-11,17-19H,4-5H2,1H3,(H,14,15,16)/t7-,8+,10+,11-/m0/s1. The molecular weight excluding hydrogens is 280 g/mol. The van der Waals surface area contributed by atoms with Gasteiger partial charge in [-0.05, 0) is 0 Å². The SMILES string of the molecule is COc1nc(C#N)cc(N[C@H]2CO[C@H](CO)[C@H](O)[C@@H]2O)n1. The molecule has 1 aliphatic rings. The average molecular weight is 296 g/mol. The van der Waals surface area contributed by atoms with Gasteiger partial charge in [0.2, 0.25) is 0 Å². The lowest BCUT2D eigenvalue weighted by molar-refractivity contribution is -0.152. The van der Waals surface area contributed by atoms with Gasteiger partial charge in [-0.25, -0.2) is 0 Å². The van der Waals surface area contributed by atoms with E-state index < -0.39 is 24.4 Å². The smallest absolute Gasteiger partial charge is 0.319 e. The largest absolute Gasteiger partial charge is 0.467 e. The third-order valence-electron chi connectivity index (χ3n) is 3.15. The number of rotatable bonds is 4. The molecule has 2 rings (SSSR count). The minimum Gasteiger partial charge on any atom is -0.467 e. The Kier molecular flexibility index (Phi) is 4.87. The number of methoxy groups -OCH3 is 1. The van der Waals surface area contributed by atoms with Gasteiger partial charge in [-0.3, -0.25) is 0 Å². The van der Waals surface area contributed by atoms with E-state index in [0.717, 1.165) is 0 Å². The molecule has 9 nitrogen and oxygen atoms in total. The minimum absolute atomic E-state index is 0.0107. The van der Waals surface area contributed by atoms with E-state index in [-0.39, 0.29) is 30.7 Å². The van der Waals surface area contributed by atoms with Crippen LogP contribution in [0.15, 0.2) is 6.07 Å². The maximum atomic E-state index is 10.0. The molecule has 0 amide bonds. The lowest BCUT2D eigenvalue weighted by atomic mass is 9.98. The summed E-state index contributed by atoms with van der Waals surface area (Å²) in [5, 5.41) is 40.6. The average Bonchev–Trinajstić information content (AvgIpc) is 2.51. The van der Waals surface area contributed by atoms with Gasteiger partial charge in [-0.15, -0.1) is 0 Å². The quantitative estimate of drug-likeness (QED) is 0.509. The molecule has 1 aromatic rings. The van der Waals surface area contributed by atoms with Crippen LogP contribution in [0.3, 0.4) is 0 Å². The second-order valence-corrected chi connectivity index (χ2v) is 4.52. The van der Waals surface area contributed by atoms with Crippen LogP contribution < -0.4 is 10.1 Å². The summed E-state index contributed by atoms with van der Waals surface area (Å²) >= 11 is 0. The zero-order valence-electron chi connectivity index (χ0n) is 11.3. The van der Waals surface area contributed by atoms with Gasteiger partial charge in [0.25, 0.3) is 0 Å². The van der Waals surface area contributed by atoms with Gasteiger partial charge in [0.1, 0.15) is 35.9 Å². The summed E-state index contributed by atoms with van der Waals surface area (Å²) in [6.45, 7) is -0.317. The van der Waals surface area contributed by atoms with Crippen LogP contribution in [0.25, 0.3) is 0 Å². The van der Waals surface area contributed by atoms with Crippen molar-refractivity contribution < 1.29 is 24.8 Å². The molecule has 0 spiro atoms. The first-order valence-corrected chi connectivity index (χ1v) is 6.27. The van der Waals surface area contributed by atoms with Crippen LogP contribution >= 0.6 is 0 Å². The van der Waals surface area contributed by atoms with Crippen molar-refractivity contribution in [2.45, 2.75) is 24.4 Å². The molecule has 114 valence electrons. The Balaban J connectivity index is 2.13. The highest BCUT2D eigenvalue weighted by molar-refractivity contribution is 5.42. The van der Waals surface area contributed by atoms with Crippen molar-refractivity contribution in [3.05, 3.63) is 11.8 Å². The van der Waals surface area contributed by atoms with E-state index in [4.69, 9.17) is 19.8 Å². The van der Waals surface area contributed by atoms with E-state index in [1.807, 2.05) is 6.07 Å². The Bertz CT molecular complexity index is 535. The predicted octanol–water partition coefficient (Wildman–Crippen LogP) is -1.75. The third kappa shape index (κ3) is 3.37. The number of nitrogens with zero attached hydrogens (tertiary/aromatic N) is 3. The Morgan fingerprint density at radius 2 is 2.24 bits per heavy atom. The van der Waals surface area contributed by atoms with Crippen LogP contribution in [0.4, 0.5) is 5.82 Å². The van der Waals surface area contributed by atoms with Crippen LogP contribution in [0.2, 0.25) is 0 Å². The lowest BCUT2D eigenvalue weighted by Gasteiger charge is -2.37. The molecule has 1 fully saturated rings. The van der Waals surface area contributed by atoms with E-state index in [9.17, 15) is 10.2 Å². The second kappa shape index (κ2) is 6.64. The summed E-state index contributed by atoms with van der Waals surface area (Å²) in [6, 6.07) is 2.62. The second-order valence-electron chi connectivity index (χ2n) is 4.52. The molecule has 1 aliphatic heterocycles. The van der Waals surface area contributed by atoms with E-state index in [1.165, 1.54) is 13.2 Å². The van der Waals surface area contributed by atoms with Gasteiger partial charge in [0.05, 0.1) is 26.4 Å². The molecule has 0 aromatic carbocycles. The van der Waals surface area contributed by atoms with Crippen molar-refractivity contribution in [3.63, 3.8) is 0 Å². The molecule has 0 aliphatic carbocycles. The van der Waals surface area contributed by atoms with Crippen LogP contribution in [0, 0.1) is 11.3 Å². The van der Waals surface area contributed by atoms with Crippen LogP contribution in [0.1, 0.15) is 5.69 Å². The Morgan fingerprint density at radius 3 is 2.86 bits per heavy atom. The van der Waals surface area contributed by atoms with Crippen molar-refractivity contribution in [3.8, 4) is 12.1 Å². The molecule has 2 heterocycles. The number of ether oxygens (including phenoxy) is 2. The van der Waals surface area contributed by atoms with Gasteiger partial charge in [-0.1, -0.05) is 0 Å². The topological polar surface area (TPSA) is 141 Å². The Hall–Kier alpha value is -1.99. The van der Waals surface area contributed by atoms with Gasteiger partial charge in [0.15, 0.2) is 0 Å². The zero-order chi connectivity index (χ0) is 15.4. The number of hydrogen-bond donors (Lipinski definition) is 4. The van der Waals surface area contributed by atoms with E-state index in [0.29, 0.717) is 0 Å². The van der Waals surface area contributed by atoms with Crippen molar-refractivity contribution in [2.75, 3.05) is 25.6 Å². The summed E-state index contributed by atoms with van der Waals surface area (Å²) < 4.78 is 10.1. The van der Waals surface area contributed by atoms with Gasteiger partial charge in [0, 0.05) is 6.07 Å². The molecule has 0 saturated carbocycles.